The van der Waals surface area contributed by atoms with E-state index in [0.717, 1.165) is 27.7 Å². The Balaban J connectivity index is 2.31. The largest absolute Gasteiger partial charge is 0.298 e. The second kappa shape index (κ2) is 4.63. The van der Waals surface area contributed by atoms with Gasteiger partial charge < -0.3 is 0 Å². The highest BCUT2D eigenvalue weighted by atomic mass is 79.9. The van der Waals surface area contributed by atoms with Crippen LogP contribution in [0, 0.1) is 6.92 Å². The number of imidazole rings is 1. The van der Waals surface area contributed by atoms with E-state index in [1.54, 1.807) is 0 Å². The monoisotopic (exact) mass is 314 g/mol. The van der Waals surface area contributed by atoms with Crippen LogP contribution >= 0.6 is 15.9 Å². The highest BCUT2D eigenvalue weighted by molar-refractivity contribution is 9.10. The van der Waals surface area contributed by atoms with Gasteiger partial charge in [0, 0.05) is 16.2 Å². The van der Waals surface area contributed by atoms with Crippen molar-refractivity contribution in [1.29, 1.82) is 0 Å². The normalized spacial score (nSPS) is 10.8. The Hall–Kier alpha value is -1.94. The minimum atomic E-state index is 0.461. The Morgan fingerprint density at radius 1 is 1.16 bits per heavy atom. The number of aldehydes is 1. The van der Waals surface area contributed by atoms with E-state index >= 15 is 0 Å². The molecule has 0 radical (unpaired) electrons. The molecule has 19 heavy (non-hydrogen) atoms. The van der Waals surface area contributed by atoms with E-state index in [2.05, 4.69) is 20.9 Å². The maximum absolute atomic E-state index is 11.1. The molecule has 0 saturated heterocycles. The molecule has 0 bridgehead atoms. The topological polar surface area (TPSA) is 34.4 Å². The first-order valence-corrected chi connectivity index (χ1v) is 6.68. The van der Waals surface area contributed by atoms with Crippen molar-refractivity contribution in [3.05, 3.63) is 58.3 Å². The van der Waals surface area contributed by atoms with Crippen molar-refractivity contribution < 1.29 is 4.79 Å². The lowest BCUT2D eigenvalue weighted by molar-refractivity contribution is 0.112. The summed E-state index contributed by atoms with van der Waals surface area (Å²) < 4.78 is 2.88. The maximum atomic E-state index is 11.1. The zero-order valence-corrected chi connectivity index (χ0v) is 11.9. The van der Waals surface area contributed by atoms with Gasteiger partial charge >= 0.3 is 0 Å². The fraction of sp³-hybridized carbons (Fsp3) is 0.0667. The number of carbonyl (C=O) groups is 1. The lowest BCUT2D eigenvalue weighted by Crippen LogP contribution is -1.89. The number of carbonyl (C=O) groups excluding carboxylic acids is 1. The van der Waals surface area contributed by atoms with Gasteiger partial charge in [-0.05, 0) is 35.0 Å². The van der Waals surface area contributed by atoms with Gasteiger partial charge in [-0.1, -0.05) is 29.8 Å². The molecule has 4 heteroatoms. The Kier molecular flexibility index (Phi) is 2.95. The molecule has 3 nitrogen and oxygen atoms in total. The molecule has 0 N–H and O–H groups in total. The predicted molar refractivity (Wildman–Crippen MR) is 78.5 cm³/mol. The van der Waals surface area contributed by atoms with Crippen molar-refractivity contribution >= 4 is 27.7 Å². The molecule has 0 atom stereocenters. The summed E-state index contributed by atoms with van der Waals surface area (Å²) in [7, 11) is 0. The SMILES string of the molecule is Cc1ccc(-c2nc(C=O)c3ccc(Br)cn23)cc1. The minimum absolute atomic E-state index is 0.461. The van der Waals surface area contributed by atoms with Gasteiger partial charge in [-0.2, -0.15) is 0 Å². The predicted octanol–water partition coefficient (Wildman–Crippen LogP) is 3.88. The van der Waals surface area contributed by atoms with Gasteiger partial charge in [0.1, 0.15) is 11.5 Å². The number of fused-ring (bicyclic) bond motifs is 1. The smallest absolute Gasteiger partial charge is 0.170 e. The number of aromatic nitrogens is 2. The number of halogens is 1. The Morgan fingerprint density at radius 2 is 1.89 bits per heavy atom. The molecular formula is C15H11BrN2O. The van der Waals surface area contributed by atoms with E-state index in [9.17, 15) is 4.79 Å². The van der Waals surface area contributed by atoms with Crippen molar-refractivity contribution in [2.45, 2.75) is 6.92 Å². The summed E-state index contributed by atoms with van der Waals surface area (Å²) in [6, 6.07) is 11.9. The summed E-state index contributed by atoms with van der Waals surface area (Å²) in [5.41, 5.74) is 3.46. The summed E-state index contributed by atoms with van der Waals surface area (Å²) in [5, 5.41) is 0. The van der Waals surface area contributed by atoms with Crippen LogP contribution in [0.3, 0.4) is 0 Å². The van der Waals surface area contributed by atoms with Gasteiger partial charge in [0.05, 0.1) is 5.52 Å². The molecule has 2 heterocycles. The lowest BCUT2D eigenvalue weighted by Gasteiger charge is -2.02. The van der Waals surface area contributed by atoms with E-state index in [0.29, 0.717) is 5.69 Å². The fourth-order valence-corrected chi connectivity index (χ4v) is 2.41. The zero-order chi connectivity index (χ0) is 13.4. The van der Waals surface area contributed by atoms with Gasteiger partial charge in [0.15, 0.2) is 6.29 Å². The third kappa shape index (κ3) is 2.08. The van der Waals surface area contributed by atoms with Crippen molar-refractivity contribution in [3.63, 3.8) is 0 Å². The number of pyridine rings is 1. The minimum Gasteiger partial charge on any atom is -0.298 e. The third-order valence-electron chi connectivity index (χ3n) is 3.05. The average Bonchev–Trinajstić information content (AvgIpc) is 2.77. The van der Waals surface area contributed by atoms with Crippen LogP contribution < -0.4 is 0 Å². The molecule has 0 fully saturated rings. The Labute approximate surface area is 119 Å². The van der Waals surface area contributed by atoms with Gasteiger partial charge in [-0.25, -0.2) is 4.98 Å². The molecule has 0 aliphatic heterocycles. The maximum Gasteiger partial charge on any atom is 0.170 e. The molecule has 94 valence electrons. The van der Waals surface area contributed by atoms with Crippen LogP contribution in [0.15, 0.2) is 47.1 Å². The Bertz CT molecular complexity index is 760. The number of rotatable bonds is 2. The molecule has 0 aliphatic rings. The van der Waals surface area contributed by atoms with Gasteiger partial charge in [-0.3, -0.25) is 9.20 Å². The zero-order valence-electron chi connectivity index (χ0n) is 10.3. The van der Waals surface area contributed by atoms with Crippen LogP contribution in [0.2, 0.25) is 0 Å². The van der Waals surface area contributed by atoms with Gasteiger partial charge in [0.2, 0.25) is 0 Å². The summed E-state index contributed by atoms with van der Waals surface area (Å²) in [6.45, 7) is 2.04. The molecule has 3 rings (SSSR count). The lowest BCUT2D eigenvalue weighted by atomic mass is 10.1. The number of benzene rings is 1. The summed E-state index contributed by atoms with van der Waals surface area (Å²) >= 11 is 3.44. The van der Waals surface area contributed by atoms with Gasteiger partial charge in [0.25, 0.3) is 0 Å². The molecule has 2 aromatic heterocycles. The van der Waals surface area contributed by atoms with Crippen LogP contribution in [0.4, 0.5) is 0 Å². The summed E-state index contributed by atoms with van der Waals surface area (Å²) in [4.78, 5) is 15.5. The van der Waals surface area contributed by atoms with Crippen molar-refractivity contribution in [3.8, 4) is 11.4 Å². The molecular weight excluding hydrogens is 304 g/mol. The number of hydrogen-bond acceptors (Lipinski definition) is 2. The van der Waals surface area contributed by atoms with Crippen LogP contribution in [0.1, 0.15) is 16.1 Å². The van der Waals surface area contributed by atoms with Crippen molar-refractivity contribution in [2.24, 2.45) is 0 Å². The first-order valence-electron chi connectivity index (χ1n) is 5.89. The molecule has 0 unspecified atom stereocenters. The van der Waals surface area contributed by atoms with Crippen molar-refractivity contribution in [2.75, 3.05) is 0 Å². The molecule has 3 aromatic rings. The first-order chi connectivity index (χ1) is 9.19. The van der Waals surface area contributed by atoms with E-state index in [4.69, 9.17) is 0 Å². The number of hydrogen-bond donors (Lipinski definition) is 0. The quantitative estimate of drug-likeness (QED) is 0.673. The van der Waals surface area contributed by atoms with E-state index in [1.165, 1.54) is 5.56 Å². The Morgan fingerprint density at radius 3 is 2.58 bits per heavy atom. The second-order valence-electron chi connectivity index (χ2n) is 4.41. The molecule has 0 saturated carbocycles. The molecule has 0 aliphatic carbocycles. The summed E-state index contributed by atoms with van der Waals surface area (Å²) in [6.07, 6.45) is 2.71. The second-order valence-corrected chi connectivity index (χ2v) is 5.32. The highest BCUT2D eigenvalue weighted by Gasteiger charge is 2.12. The average molecular weight is 315 g/mol. The fourth-order valence-electron chi connectivity index (χ4n) is 2.08. The summed E-state index contributed by atoms with van der Waals surface area (Å²) in [5.74, 6) is 0.776. The van der Waals surface area contributed by atoms with Crippen LogP contribution in [0.25, 0.3) is 16.9 Å². The number of nitrogens with zero attached hydrogens (tertiary/aromatic N) is 2. The van der Waals surface area contributed by atoms with Crippen LogP contribution in [-0.2, 0) is 0 Å². The highest BCUT2D eigenvalue weighted by Crippen LogP contribution is 2.24. The van der Waals surface area contributed by atoms with Crippen molar-refractivity contribution in [1.82, 2.24) is 9.38 Å². The van der Waals surface area contributed by atoms with Gasteiger partial charge in [-0.15, -0.1) is 0 Å². The van der Waals surface area contributed by atoms with E-state index in [1.807, 2.05) is 53.9 Å². The standard InChI is InChI=1S/C15H11BrN2O/c1-10-2-4-11(5-3-10)15-17-13(9-19)14-7-6-12(16)8-18(14)15/h2-9H,1H3. The van der Waals surface area contributed by atoms with E-state index < -0.39 is 0 Å². The molecule has 0 spiro atoms. The van der Waals surface area contributed by atoms with Crippen LogP contribution in [0.5, 0.6) is 0 Å². The van der Waals surface area contributed by atoms with E-state index in [-0.39, 0.29) is 0 Å². The number of aryl methyl sites for hydroxylation is 1. The third-order valence-corrected chi connectivity index (χ3v) is 3.52. The van der Waals surface area contributed by atoms with Crippen LogP contribution in [-0.4, -0.2) is 15.7 Å². The first kappa shape index (κ1) is 12.1. The molecule has 1 aromatic carbocycles. The molecule has 0 amide bonds.